The molecule has 2 aromatic carbocycles. The Morgan fingerprint density at radius 1 is 0.968 bits per heavy atom. The maximum absolute atomic E-state index is 12.5. The number of halogens is 1. The molecule has 4 rings (SSSR count). The number of amides is 2. The van der Waals surface area contributed by atoms with Crippen LogP contribution in [0.4, 0.5) is 11.5 Å². The second kappa shape index (κ2) is 9.36. The molecule has 2 N–H and O–H groups in total. The van der Waals surface area contributed by atoms with Gasteiger partial charge < -0.3 is 10.6 Å². The number of aromatic nitrogens is 3. The van der Waals surface area contributed by atoms with Crippen LogP contribution < -0.4 is 10.6 Å². The lowest BCUT2D eigenvalue weighted by Gasteiger charge is -2.09. The number of anilines is 2. The van der Waals surface area contributed by atoms with Gasteiger partial charge in [0.25, 0.3) is 5.91 Å². The topological polar surface area (TPSA) is 88.9 Å². The molecule has 0 radical (unpaired) electrons. The number of rotatable bonds is 6. The molecule has 0 saturated carbocycles. The molecule has 2 aromatic heterocycles. The molecule has 0 aliphatic heterocycles. The van der Waals surface area contributed by atoms with Gasteiger partial charge in [0.15, 0.2) is 0 Å². The molecule has 7 nitrogen and oxygen atoms in total. The van der Waals surface area contributed by atoms with E-state index in [9.17, 15) is 9.59 Å². The number of nitrogens with one attached hydrogen (secondary N) is 2. The average molecular weight is 476 g/mol. The van der Waals surface area contributed by atoms with E-state index in [0.29, 0.717) is 17.1 Å². The van der Waals surface area contributed by atoms with Gasteiger partial charge in [0.1, 0.15) is 5.82 Å². The van der Waals surface area contributed by atoms with Crippen molar-refractivity contribution in [3.63, 3.8) is 0 Å². The molecule has 0 saturated heterocycles. The lowest BCUT2D eigenvalue weighted by Crippen LogP contribution is -2.16. The second-order valence-electron chi connectivity index (χ2n) is 6.74. The number of carbonyl (C=O) groups excluding carboxylic acids is 2. The molecule has 0 bridgehead atoms. The molecule has 0 aliphatic carbocycles. The van der Waals surface area contributed by atoms with E-state index in [-0.39, 0.29) is 18.2 Å². The van der Waals surface area contributed by atoms with Crippen molar-refractivity contribution in [2.45, 2.75) is 6.42 Å². The van der Waals surface area contributed by atoms with Crippen LogP contribution >= 0.6 is 15.9 Å². The number of benzene rings is 2. The molecule has 4 aromatic rings. The zero-order chi connectivity index (χ0) is 21.6. The van der Waals surface area contributed by atoms with Crippen LogP contribution in [0.1, 0.15) is 15.9 Å². The van der Waals surface area contributed by atoms with Crippen LogP contribution in [0, 0.1) is 0 Å². The van der Waals surface area contributed by atoms with Gasteiger partial charge in [-0.05, 0) is 70.0 Å². The molecule has 0 unspecified atom stereocenters. The summed E-state index contributed by atoms with van der Waals surface area (Å²) in [5.74, 6) is -0.0275. The third-order valence-corrected chi connectivity index (χ3v) is 4.92. The number of nitrogens with zero attached hydrogens (tertiary/aromatic N) is 3. The third kappa shape index (κ3) is 5.43. The summed E-state index contributed by atoms with van der Waals surface area (Å²) < 4.78 is 2.58. The van der Waals surface area contributed by atoms with Crippen molar-refractivity contribution in [3.05, 3.63) is 101 Å². The highest BCUT2D eigenvalue weighted by Gasteiger charge is 2.10. The first kappa shape index (κ1) is 20.5. The number of carbonyl (C=O) groups is 2. The standard InChI is InChI=1S/C23H18BrN5O2/c24-18-7-10-21(25-15-18)28-23(31)17-3-1-4-19(14-17)27-22(30)13-16-5-8-20(9-6-16)29-12-2-11-26-29/h1-12,14-15H,13H2,(H,27,30)(H,25,28,31). The fourth-order valence-corrected chi connectivity index (χ4v) is 3.19. The third-order valence-electron chi connectivity index (χ3n) is 4.45. The van der Waals surface area contributed by atoms with E-state index in [1.807, 2.05) is 36.5 Å². The van der Waals surface area contributed by atoms with E-state index < -0.39 is 0 Å². The minimum absolute atomic E-state index is 0.168. The molecular weight excluding hydrogens is 458 g/mol. The SMILES string of the molecule is O=C(Cc1ccc(-n2cccn2)cc1)Nc1cccc(C(=O)Nc2ccc(Br)cn2)c1. The summed E-state index contributed by atoms with van der Waals surface area (Å²) in [4.78, 5) is 29.1. The van der Waals surface area contributed by atoms with Gasteiger partial charge >= 0.3 is 0 Å². The molecular formula is C23H18BrN5O2. The van der Waals surface area contributed by atoms with Crippen molar-refractivity contribution in [2.24, 2.45) is 0 Å². The molecule has 0 aliphatic rings. The Labute approximate surface area is 187 Å². The fourth-order valence-electron chi connectivity index (χ4n) is 2.96. The average Bonchev–Trinajstić information content (AvgIpc) is 3.31. The molecule has 0 atom stereocenters. The predicted octanol–water partition coefficient (Wildman–Crippen LogP) is 4.46. The summed E-state index contributed by atoms with van der Waals surface area (Å²) in [5.41, 5.74) is 2.78. The molecule has 31 heavy (non-hydrogen) atoms. The van der Waals surface area contributed by atoms with Crippen LogP contribution in [-0.4, -0.2) is 26.6 Å². The van der Waals surface area contributed by atoms with Crippen molar-refractivity contribution < 1.29 is 9.59 Å². The van der Waals surface area contributed by atoms with Crippen molar-refractivity contribution in [1.82, 2.24) is 14.8 Å². The van der Waals surface area contributed by atoms with Crippen LogP contribution in [0.2, 0.25) is 0 Å². The highest BCUT2D eigenvalue weighted by molar-refractivity contribution is 9.10. The van der Waals surface area contributed by atoms with Gasteiger partial charge in [-0.15, -0.1) is 0 Å². The summed E-state index contributed by atoms with van der Waals surface area (Å²) in [7, 11) is 0. The Morgan fingerprint density at radius 3 is 2.52 bits per heavy atom. The van der Waals surface area contributed by atoms with Crippen molar-refractivity contribution in [2.75, 3.05) is 10.6 Å². The highest BCUT2D eigenvalue weighted by atomic mass is 79.9. The first-order valence-electron chi connectivity index (χ1n) is 9.48. The Bertz CT molecular complexity index is 1190. The summed E-state index contributed by atoms with van der Waals surface area (Å²) in [6.45, 7) is 0. The number of pyridine rings is 1. The van der Waals surface area contributed by atoms with Gasteiger partial charge in [0.2, 0.25) is 5.91 Å². The minimum atomic E-state index is -0.305. The highest BCUT2D eigenvalue weighted by Crippen LogP contribution is 2.15. The lowest BCUT2D eigenvalue weighted by molar-refractivity contribution is -0.115. The van der Waals surface area contributed by atoms with E-state index in [4.69, 9.17) is 0 Å². The van der Waals surface area contributed by atoms with E-state index in [1.165, 1.54) is 0 Å². The van der Waals surface area contributed by atoms with E-state index in [1.54, 1.807) is 53.5 Å². The minimum Gasteiger partial charge on any atom is -0.326 e. The van der Waals surface area contributed by atoms with Crippen molar-refractivity contribution >= 4 is 39.2 Å². The molecule has 2 heterocycles. The summed E-state index contributed by atoms with van der Waals surface area (Å²) in [6, 6.07) is 19.7. The maximum atomic E-state index is 12.5. The Hall–Kier alpha value is -3.78. The molecule has 0 fully saturated rings. The molecule has 154 valence electrons. The smallest absolute Gasteiger partial charge is 0.256 e. The Morgan fingerprint density at radius 2 is 1.81 bits per heavy atom. The van der Waals surface area contributed by atoms with Gasteiger partial charge in [0, 0.05) is 34.3 Å². The van der Waals surface area contributed by atoms with Gasteiger partial charge in [-0.1, -0.05) is 18.2 Å². The van der Waals surface area contributed by atoms with Crippen LogP contribution in [0.25, 0.3) is 5.69 Å². The van der Waals surface area contributed by atoms with Crippen LogP contribution in [0.15, 0.2) is 89.8 Å². The van der Waals surface area contributed by atoms with Crippen LogP contribution in [-0.2, 0) is 11.2 Å². The zero-order valence-electron chi connectivity index (χ0n) is 16.3. The van der Waals surface area contributed by atoms with E-state index in [2.05, 4.69) is 36.6 Å². The first-order valence-corrected chi connectivity index (χ1v) is 10.3. The van der Waals surface area contributed by atoms with Crippen molar-refractivity contribution in [1.29, 1.82) is 0 Å². The largest absolute Gasteiger partial charge is 0.326 e. The van der Waals surface area contributed by atoms with Crippen LogP contribution in [0.3, 0.4) is 0 Å². The quantitative estimate of drug-likeness (QED) is 0.430. The fraction of sp³-hybridized carbons (Fsp3) is 0.0435. The first-order chi connectivity index (χ1) is 15.1. The number of hydrogen-bond donors (Lipinski definition) is 2. The Kier molecular flexibility index (Phi) is 6.18. The normalized spacial score (nSPS) is 10.5. The predicted molar refractivity (Wildman–Crippen MR) is 122 cm³/mol. The maximum Gasteiger partial charge on any atom is 0.256 e. The number of hydrogen-bond acceptors (Lipinski definition) is 4. The van der Waals surface area contributed by atoms with Crippen LogP contribution in [0.5, 0.6) is 0 Å². The van der Waals surface area contributed by atoms with Gasteiger partial charge in [-0.25, -0.2) is 9.67 Å². The van der Waals surface area contributed by atoms with E-state index >= 15 is 0 Å². The van der Waals surface area contributed by atoms with Gasteiger partial charge in [-0.2, -0.15) is 5.10 Å². The van der Waals surface area contributed by atoms with Gasteiger partial charge in [0.05, 0.1) is 12.1 Å². The molecule has 0 spiro atoms. The zero-order valence-corrected chi connectivity index (χ0v) is 17.9. The van der Waals surface area contributed by atoms with Crippen molar-refractivity contribution in [3.8, 4) is 5.69 Å². The monoisotopic (exact) mass is 475 g/mol. The summed E-state index contributed by atoms with van der Waals surface area (Å²) >= 11 is 3.31. The Balaban J connectivity index is 1.37. The molecule has 8 heteroatoms. The second-order valence-corrected chi connectivity index (χ2v) is 7.65. The summed E-state index contributed by atoms with van der Waals surface area (Å²) in [5, 5.41) is 9.76. The van der Waals surface area contributed by atoms with E-state index in [0.717, 1.165) is 15.7 Å². The lowest BCUT2D eigenvalue weighted by atomic mass is 10.1. The summed E-state index contributed by atoms with van der Waals surface area (Å²) in [6.07, 6.45) is 5.40. The van der Waals surface area contributed by atoms with Gasteiger partial charge in [-0.3, -0.25) is 9.59 Å². The molecule has 2 amide bonds.